The molecule has 0 heterocycles. The number of carbonyl (C=O) groups excluding carboxylic acids is 3. The highest BCUT2D eigenvalue weighted by molar-refractivity contribution is 5.93. The number of nitrogens with one attached hydrogen (secondary N) is 2. The van der Waals surface area contributed by atoms with Gasteiger partial charge in [-0.15, -0.1) is 0 Å². The van der Waals surface area contributed by atoms with Gasteiger partial charge in [0.1, 0.15) is 6.04 Å². The number of esters is 1. The van der Waals surface area contributed by atoms with Crippen molar-refractivity contribution < 1.29 is 19.1 Å². The van der Waals surface area contributed by atoms with Gasteiger partial charge in [0.05, 0.1) is 0 Å². The van der Waals surface area contributed by atoms with Crippen molar-refractivity contribution in [2.75, 3.05) is 11.9 Å². The van der Waals surface area contributed by atoms with Crippen LogP contribution >= 0.6 is 0 Å². The zero-order valence-electron chi connectivity index (χ0n) is 12.7. The number of benzene rings is 1. The van der Waals surface area contributed by atoms with E-state index < -0.39 is 30.6 Å². The number of carbonyl (C=O) groups is 3. The van der Waals surface area contributed by atoms with Crippen molar-refractivity contribution in [1.82, 2.24) is 5.32 Å². The Hall–Kier alpha value is -2.57. The minimum atomic E-state index is -0.859. The van der Waals surface area contributed by atoms with Gasteiger partial charge in [-0.1, -0.05) is 32.0 Å². The van der Waals surface area contributed by atoms with Crippen LogP contribution in [0.2, 0.25) is 0 Å². The van der Waals surface area contributed by atoms with E-state index in [-0.39, 0.29) is 5.92 Å². The van der Waals surface area contributed by atoms with E-state index in [4.69, 9.17) is 10.5 Å². The van der Waals surface area contributed by atoms with Gasteiger partial charge in [0.2, 0.25) is 0 Å². The van der Waals surface area contributed by atoms with Crippen LogP contribution in [0.1, 0.15) is 20.3 Å². The Morgan fingerprint density at radius 1 is 1.18 bits per heavy atom. The van der Waals surface area contributed by atoms with E-state index in [0.717, 1.165) is 0 Å². The molecule has 0 saturated carbocycles. The van der Waals surface area contributed by atoms with Crippen molar-refractivity contribution in [2.24, 2.45) is 11.7 Å². The van der Waals surface area contributed by atoms with Gasteiger partial charge in [0, 0.05) is 5.69 Å². The van der Waals surface area contributed by atoms with Gasteiger partial charge in [-0.05, 0) is 24.5 Å². The Balaban J connectivity index is 2.47. The highest BCUT2D eigenvalue weighted by Gasteiger charge is 2.23. The average molecular weight is 307 g/mol. The van der Waals surface area contributed by atoms with E-state index in [1.54, 1.807) is 24.3 Å². The molecule has 3 amide bonds. The molecule has 0 aliphatic carbocycles. The first kappa shape index (κ1) is 17.5. The molecule has 0 radical (unpaired) electrons. The largest absolute Gasteiger partial charge is 0.454 e. The third kappa shape index (κ3) is 6.74. The van der Waals surface area contributed by atoms with E-state index in [2.05, 4.69) is 10.6 Å². The molecule has 1 rings (SSSR count). The fourth-order valence-corrected chi connectivity index (χ4v) is 1.81. The lowest BCUT2D eigenvalue weighted by Crippen LogP contribution is -2.45. The second-order valence-electron chi connectivity index (χ2n) is 5.21. The molecule has 1 aromatic rings. The standard InChI is InChI=1S/C15H21N3O4/c1-10(2)8-12(18-15(16)21)14(20)22-9-13(19)17-11-6-4-3-5-7-11/h3-7,10,12H,8-9H2,1-2H3,(H,17,19)(H3,16,18,21)/t12-/m0/s1. The minimum absolute atomic E-state index is 0.155. The molecule has 0 aromatic heterocycles. The molecule has 0 fully saturated rings. The SMILES string of the molecule is CC(C)C[C@H](NC(N)=O)C(=O)OCC(=O)Nc1ccccc1. The van der Waals surface area contributed by atoms with Crippen LogP contribution in [-0.2, 0) is 14.3 Å². The first-order valence-electron chi connectivity index (χ1n) is 6.96. The first-order valence-corrected chi connectivity index (χ1v) is 6.96. The normalized spacial score (nSPS) is 11.6. The fourth-order valence-electron chi connectivity index (χ4n) is 1.81. The number of hydrogen-bond donors (Lipinski definition) is 3. The number of primary amides is 1. The number of hydrogen-bond acceptors (Lipinski definition) is 4. The molecule has 120 valence electrons. The number of ether oxygens (including phenoxy) is 1. The first-order chi connectivity index (χ1) is 10.4. The maximum absolute atomic E-state index is 11.9. The van der Waals surface area contributed by atoms with Gasteiger partial charge < -0.3 is 21.1 Å². The molecular weight excluding hydrogens is 286 g/mol. The molecule has 0 spiro atoms. The van der Waals surface area contributed by atoms with Gasteiger partial charge in [0.15, 0.2) is 6.61 Å². The number of nitrogens with two attached hydrogens (primary N) is 1. The number of urea groups is 1. The molecule has 22 heavy (non-hydrogen) atoms. The topological polar surface area (TPSA) is 111 Å². The lowest BCUT2D eigenvalue weighted by atomic mass is 10.0. The molecule has 0 unspecified atom stereocenters. The Kier molecular flexibility index (Phi) is 6.88. The molecule has 4 N–H and O–H groups in total. The maximum atomic E-state index is 11.9. The summed E-state index contributed by atoms with van der Waals surface area (Å²) in [6, 6.07) is 7.14. The highest BCUT2D eigenvalue weighted by Crippen LogP contribution is 2.07. The average Bonchev–Trinajstić information content (AvgIpc) is 2.44. The Morgan fingerprint density at radius 2 is 1.82 bits per heavy atom. The van der Waals surface area contributed by atoms with Crippen LogP contribution in [0.25, 0.3) is 0 Å². The van der Waals surface area contributed by atoms with Crippen molar-refractivity contribution in [1.29, 1.82) is 0 Å². The van der Waals surface area contributed by atoms with E-state index in [1.807, 2.05) is 19.9 Å². The number of rotatable bonds is 7. The molecule has 7 nitrogen and oxygen atoms in total. The minimum Gasteiger partial charge on any atom is -0.454 e. The summed E-state index contributed by atoms with van der Waals surface area (Å²) in [5.74, 6) is -0.986. The van der Waals surface area contributed by atoms with Gasteiger partial charge in [-0.25, -0.2) is 9.59 Å². The van der Waals surface area contributed by atoms with Crippen LogP contribution in [0.4, 0.5) is 10.5 Å². The second-order valence-corrected chi connectivity index (χ2v) is 5.21. The zero-order valence-corrected chi connectivity index (χ0v) is 12.7. The van der Waals surface area contributed by atoms with Crippen LogP contribution in [-0.4, -0.2) is 30.6 Å². The molecule has 1 atom stereocenters. The van der Waals surface area contributed by atoms with Crippen LogP contribution in [0, 0.1) is 5.92 Å². The molecule has 0 saturated heterocycles. The Labute approximate surface area is 129 Å². The lowest BCUT2D eigenvalue weighted by molar-refractivity contribution is -0.149. The summed E-state index contributed by atoms with van der Waals surface area (Å²) in [6.45, 7) is 3.36. The van der Waals surface area contributed by atoms with Crippen molar-refractivity contribution in [3.05, 3.63) is 30.3 Å². The van der Waals surface area contributed by atoms with Crippen LogP contribution < -0.4 is 16.4 Å². The molecule has 1 aromatic carbocycles. The van der Waals surface area contributed by atoms with Crippen LogP contribution in [0.3, 0.4) is 0 Å². The third-order valence-corrected chi connectivity index (χ3v) is 2.71. The number of anilines is 1. The lowest BCUT2D eigenvalue weighted by Gasteiger charge is -2.18. The fraction of sp³-hybridized carbons (Fsp3) is 0.400. The van der Waals surface area contributed by atoms with Crippen molar-refractivity contribution in [3.63, 3.8) is 0 Å². The molecule has 7 heteroatoms. The second kappa shape index (κ2) is 8.66. The van der Waals surface area contributed by atoms with Gasteiger partial charge in [0.25, 0.3) is 5.91 Å². The molecule has 0 aliphatic heterocycles. The van der Waals surface area contributed by atoms with Crippen molar-refractivity contribution >= 4 is 23.6 Å². The summed E-state index contributed by atoms with van der Waals surface area (Å²) >= 11 is 0. The number of para-hydroxylation sites is 1. The van der Waals surface area contributed by atoms with E-state index >= 15 is 0 Å². The van der Waals surface area contributed by atoms with Crippen molar-refractivity contribution in [3.8, 4) is 0 Å². The summed E-state index contributed by atoms with van der Waals surface area (Å²) in [5, 5.41) is 4.91. The third-order valence-electron chi connectivity index (χ3n) is 2.71. The summed E-state index contributed by atoms with van der Waals surface area (Å²) in [6.07, 6.45) is 0.377. The monoisotopic (exact) mass is 307 g/mol. The molecular formula is C15H21N3O4. The predicted octanol–water partition coefficient (Wildman–Crippen LogP) is 1.25. The van der Waals surface area contributed by atoms with E-state index in [1.165, 1.54) is 0 Å². The summed E-state index contributed by atoms with van der Waals surface area (Å²) in [5.41, 5.74) is 5.64. The summed E-state index contributed by atoms with van der Waals surface area (Å²) in [7, 11) is 0. The van der Waals surface area contributed by atoms with Gasteiger partial charge in [-0.2, -0.15) is 0 Å². The smallest absolute Gasteiger partial charge is 0.329 e. The summed E-state index contributed by atoms with van der Waals surface area (Å²) < 4.78 is 4.92. The highest BCUT2D eigenvalue weighted by atomic mass is 16.5. The maximum Gasteiger partial charge on any atom is 0.329 e. The Morgan fingerprint density at radius 3 is 2.36 bits per heavy atom. The van der Waals surface area contributed by atoms with Crippen LogP contribution in [0.5, 0.6) is 0 Å². The quantitative estimate of drug-likeness (QED) is 0.658. The Bertz CT molecular complexity index is 517. The van der Waals surface area contributed by atoms with Crippen LogP contribution in [0.15, 0.2) is 30.3 Å². The molecule has 0 aliphatic rings. The van der Waals surface area contributed by atoms with Crippen molar-refractivity contribution in [2.45, 2.75) is 26.3 Å². The predicted molar refractivity (Wildman–Crippen MR) is 82.0 cm³/mol. The van der Waals surface area contributed by atoms with E-state index in [0.29, 0.717) is 12.1 Å². The van der Waals surface area contributed by atoms with Gasteiger partial charge >= 0.3 is 12.0 Å². The number of amides is 3. The zero-order chi connectivity index (χ0) is 16.5. The van der Waals surface area contributed by atoms with Gasteiger partial charge in [-0.3, -0.25) is 4.79 Å². The molecule has 0 bridgehead atoms. The summed E-state index contributed by atoms with van der Waals surface area (Å²) in [4.78, 5) is 34.5. The van der Waals surface area contributed by atoms with E-state index in [9.17, 15) is 14.4 Å².